The molecule has 0 aliphatic carbocycles. The van der Waals surface area contributed by atoms with E-state index in [1.807, 2.05) is 24.3 Å². The summed E-state index contributed by atoms with van der Waals surface area (Å²) in [7, 11) is 1.89. The summed E-state index contributed by atoms with van der Waals surface area (Å²) in [6, 6.07) is 0. The number of hydrogen-bond acceptors (Lipinski definition) is 5. The first-order valence-electron chi connectivity index (χ1n) is 8.54. The maximum absolute atomic E-state index is 13.0. The average Bonchev–Trinajstić information content (AvgIpc) is 3.15. The fourth-order valence-corrected chi connectivity index (χ4v) is 4.42. The van der Waals surface area contributed by atoms with Crippen molar-refractivity contribution < 1.29 is 4.79 Å². The monoisotopic (exact) mass is 355 g/mol. The number of hydrogen-bond donors (Lipinski definition) is 0. The zero-order valence-electron chi connectivity index (χ0n) is 14.7. The van der Waals surface area contributed by atoms with Crippen LogP contribution < -0.4 is 0 Å². The van der Waals surface area contributed by atoms with E-state index < -0.39 is 0 Å². The molecule has 1 atom stereocenters. The second kappa shape index (κ2) is 6.22. The van der Waals surface area contributed by atoms with E-state index in [1.165, 1.54) is 4.88 Å². The zero-order chi connectivity index (χ0) is 17.6. The minimum absolute atomic E-state index is 0.137. The second-order valence-corrected chi connectivity index (χ2v) is 7.74. The third-order valence-electron chi connectivity index (χ3n) is 5.10. The van der Waals surface area contributed by atoms with Crippen LogP contribution >= 0.6 is 11.3 Å². The lowest BCUT2D eigenvalue weighted by Crippen LogP contribution is -2.39. The summed E-state index contributed by atoms with van der Waals surface area (Å²) in [5.74, 6) is 0.344. The molecule has 0 unspecified atom stereocenters. The quantitative estimate of drug-likeness (QED) is 0.709. The van der Waals surface area contributed by atoms with Crippen molar-refractivity contribution in [3.63, 3.8) is 0 Å². The van der Waals surface area contributed by atoms with E-state index in [2.05, 4.69) is 22.0 Å². The highest BCUT2D eigenvalue weighted by atomic mass is 32.1. The molecule has 3 aromatic heterocycles. The van der Waals surface area contributed by atoms with Crippen molar-refractivity contribution in [2.24, 2.45) is 7.05 Å². The van der Waals surface area contributed by atoms with Gasteiger partial charge in [0, 0.05) is 48.7 Å². The average molecular weight is 355 g/mol. The van der Waals surface area contributed by atoms with E-state index in [0.717, 1.165) is 47.4 Å². The Morgan fingerprint density at radius 2 is 2.08 bits per heavy atom. The Morgan fingerprint density at radius 3 is 2.84 bits per heavy atom. The molecule has 7 heteroatoms. The number of piperidine rings is 1. The number of carbonyl (C=O) groups is 1. The van der Waals surface area contributed by atoms with Gasteiger partial charge in [0.15, 0.2) is 5.65 Å². The lowest BCUT2D eigenvalue weighted by atomic mass is 9.93. The van der Waals surface area contributed by atoms with Gasteiger partial charge in [-0.3, -0.25) is 4.79 Å². The van der Waals surface area contributed by atoms with Gasteiger partial charge in [0.05, 0.1) is 11.3 Å². The van der Waals surface area contributed by atoms with E-state index in [4.69, 9.17) is 0 Å². The van der Waals surface area contributed by atoms with Crippen LogP contribution in [0.2, 0.25) is 0 Å². The fraction of sp³-hybridized carbons (Fsp3) is 0.444. The summed E-state index contributed by atoms with van der Waals surface area (Å²) in [6.07, 6.45) is 5.40. The van der Waals surface area contributed by atoms with Crippen molar-refractivity contribution in [2.75, 3.05) is 13.1 Å². The summed E-state index contributed by atoms with van der Waals surface area (Å²) in [5, 5.41) is 6.64. The molecule has 0 aromatic carbocycles. The van der Waals surface area contributed by atoms with Gasteiger partial charge in [0.25, 0.3) is 5.91 Å². The largest absolute Gasteiger partial charge is 0.338 e. The van der Waals surface area contributed by atoms with Crippen molar-refractivity contribution in [3.8, 4) is 0 Å². The first-order valence-corrected chi connectivity index (χ1v) is 9.41. The van der Waals surface area contributed by atoms with Gasteiger partial charge in [-0.15, -0.1) is 11.3 Å². The number of rotatable bonds is 2. The Bertz CT molecular complexity index is 944. The SMILES string of the molecule is Cc1scc(C(=O)N2CCC[C@@H](c3nn(C)c4nccnc34)C2)c1C. The topological polar surface area (TPSA) is 63.9 Å². The minimum Gasteiger partial charge on any atom is -0.338 e. The van der Waals surface area contributed by atoms with Crippen molar-refractivity contribution in [2.45, 2.75) is 32.6 Å². The molecule has 25 heavy (non-hydrogen) atoms. The van der Waals surface area contributed by atoms with Crippen molar-refractivity contribution in [1.29, 1.82) is 0 Å². The molecule has 1 saturated heterocycles. The summed E-state index contributed by atoms with van der Waals surface area (Å²) >= 11 is 1.64. The van der Waals surface area contributed by atoms with Crippen LogP contribution in [0.3, 0.4) is 0 Å². The number of likely N-dealkylation sites (tertiary alicyclic amines) is 1. The second-order valence-electron chi connectivity index (χ2n) is 6.66. The van der Waals surface area contributed by atoms with Crippen LogP contribution in [0.15, 0.2) is 17.8 Å². The van der Waals surface area contributed by atoms with Gasteiger partial charge in [-0.25, -0.2) is 14.6 Å². The smallest absolute Gasteiger partial charge is 0.254 e. The normalized spacial score (nSPS) is 18.0. The maximum Gasteiger partial charge on any atom is 0.254 e. The van der Waals surface area contributed by atoms with E-state index in [9.17, 15) is 4.79 Å². The summed E-state index contributed by atoms with van der Waals surface area (Å²) in [6.45, 7) is 5.59. The van der Waals surface area contributed by atoms with Crippen LogP contribution in [0.25, 0.3) is 11.2 Å². The molecule has 4 heterocycles. The van der Waals surface area contributed by atoms with Crippen LogP contribution in [0, 0.1) is 13.8 Å². The first kappa shape index (κ1) is 16.2. The van der Waals surface area contributed by atoms with Gasteiger partial charge in [-0.1, -0.05) is 0 Å². The first-order chi connectivity index (χ1) is 12.1. The molecule has 1 fully saturated rings. The van der Waals surface area contributed by atoms with E-state index in [1.54, 1.807) is 28.4 Å². The van der Waals surface area contributed by atoms with Gasteiger partial charge in [0.2, 0.25) is 0 Å². The van der Waals surface area contributed by atoms with E-state index in [0.29, 0.717) is 6.54 Å². The third kappa shape index (κ3) is 2.72. The number of carbonyl (C=O) groups excluding carboxylic acids is 1. The summed E-state index contributed by atoms with van der Waals surface area (Å²) < 4.78 is 1.78. The van der Waals surface area contributed by atoms with Crippen LogP contribution in [0.5, 0.6) is 0 Å². The number of amides is 1. The summed E-state index contributed by atoms with van der Waals surface area (Å²) in [4.78, 5) is 25.0. The summed E-state index contributed by atoms with van der Waals surface area (Å²) in [5.41, 5.74) is 4.55. The van der Waals surface area contributed by atoms with Crippen LogP contribution in [-0.4, -0.2) is 43.6 Å². The number of thiophene rings is 1. The molecule has 0 spiro atoms. The minimum atomic E-state index is 0.137. The number of fused-ring (bicyclic) bond motifs is 1. The molecule has 130 valence electrons. The number of aromatic nitrogens is 4. The van der Waals surface area contributed by atoms with Crippen LogP contribution in [0.4, 0.5) is 0 Å². The Hall–Kier alpha value is -2.28. The molecule has 1 aliphatic heterocycles. The zero-order valence-corrected chi connectivity index (χ0v) is 15.5. The number of nitrogens with zero attached hydrogens (tertiary/aromatic N) is 5. The molecule has 0 saturated carbocycles. The van der Waals surface area contributed by atoms with Gasteiger partial charge in [-0.05, 0) is 32.3 Å². The number of aryl methyl sites for hydroxylation is 2. The van der Waals surface area contributed by atoms with Crippen molar-refractivity contribution in [3.05, 3.63) is 39.5 Å². The molecule has 6 nitrogen and oxygen atoms in total. The molecular formula is C18H21N5OS. The van der Waals surface area contributed by atoms with E-state index in [-0.39, 0.29) is 11.8 Å². The molecule has 0 bridgehead atoms. The maximum atomic E-state index is 13.0. The van der Waals surface area contributed by atoms with E-state index >= 15 is 0 Å². The molecule has 0 radical (unpaired) electrons. The van der Waals surface area contributed by atoms with Gasteiger partial charge >= 0.3 is 0 Å². The van der Waals surface area contributed by atoms with Gasteiger partial charge in [-0.2, -0.15) is 5.10 Å². The van der Waals surface area contributed by atoms with Crippen LogP contribution in [-0.2, 0) is 7.05 Å². The predicted octanol–water partition coefficient (Wildman–Crippen LogP) is 3.06. The Labute approximate surface area is 150 Å². The Morgan fingerprint density at radius 1 is 1.28 bits per heavy atom. The molecule has 4 rings (SSSR count). The highest BCUT2D eigenvalue weighted by molar-refractivity contribution is 7.10. The van der Waals surface area contributed by atoms with Crippen molar-refractivity contribution in [1.82, 2.24) is 24.6 Å². The molecule has 1 amide bonds. The molecule has 3 aromatic rings. The van der Waals surface area contributed by atoms with Gasteiger partial charge in [0.1, 0.15) is 5.52 Å². The highest BCUT2D eigenvalue weighted by Gasteiger charge is 2.30. The Kier molecular flexibility index (Phi) is 4.03. The molecule has 0 N–H and O–H groups in total. The lowest BCUT2D eigenvalue weighted by Gasteiger charge is -2.32. The standard InChI is InChI=1S/C18H21N5OS/c1-11-12(2)25-10-14(11)18(24)23-8-4-5-13(9-23)15-16-17(22(3)21-15)20-7-6-19-16/h6-7,10,13H,4-5,8-9H2,1-3H3/t13-/m1/s1. The molecular weight excluding hydrogens is 334 g/mol. The lowest BCUT2D eigenvalue weighted by molar-refractivity contribution is 0.0706. The molecule has 1 aliphatic rings. The predicted molar refractivity (Wildman–Crippen MR) is 98.0 cm³/mol. The Balaban J connectivity index is 1.62. The van der Waals surface area contributed by atoms with Crippen LogP contribution in [0.1, 0.15) is 45.3 Å². The third-order valence-corrected chi connectivity index (χ3v) is 6.11. The van der Waals surface area contributed by atoms with Crippen molar-refractivity contribution >= 4 is 28.4 Å². The fourth-order valence-electron chi connectivity index (χ4n) is 3.56. The van der Waals surface area contributed by atoms with Gasteiger partial charge < -0.3 is 4.90 Å². The highest BCUT2D eigenvalue weighted by Crippen LogP contribution is 2.31.